The van der Waals surface area contributed by atoms with Gasteiger partial charge in [-0.3, -0.25) is 14.4 Å². The first-order valence-electron chi connectivity index (χ1n) is 11.3. The molecule has 1 saturated carbocycles. The first-order chi connectivity index (χ1) is 16.0. The third-order valence-corrected chi connectivity index (χ3v) is 6.21. The van der Waals surface area contributed by atoms with Crippen molar-refractivity contribution in [3.05, 3.63) is 24.0 Å². The van der Waals surface area contributed by atoms with Gasteiger partial charge in [0.1, 0.15) is 17.8 Å². The Morgan fingerprint density at radius 2 is 2.09 bits per heavy atom. The van der Waals surface area contributed by atoms with Crippen molar-refractivity contribution in [2.45, 2.75) is 50.6 Å². The Hall–Kier alpha value is -3.61. The number of nitrogens with zero attached hydrogens (tertiary/aromatic N) is 2. The molecule has 0 spiro atoms. The van der Waals surface area contributed by atoms with E-state index >= 15 is 0 Å². The molecule has 10 nitrogen and oxygen atoms in total. The maximum Gasteiger partial charge on any atom is 0.268 e. The number of aromatic nitrogens is 2. The molecule has 10 heteroatoms. The van der Waals surface area contributed by atoms with Gasteiger partial charge in [0.25, 0.3) is 5.91 Å². The Labute approximate surface area is 191 Å². The Balaban J connectivity index is 1.42. The number of ether oxygens (including phenoxy) is 1. The summed E-state index contributed by atoms with van der Waals surface area (Å²) < 4.78 is 5.11. The third kappa shape index (κ3) is 5.61. The lowest BCUT2D eigenvalue weighted by Crippen LogP contribution is -2.50. The SMILES string of the molecule is COc1cc2[nH]c(C(=O)N[C@@H](CC3CC3)C(=O)N[C@H](C#N)C[C@@H]3CCCNC3=O)cc2cn1. The van der Waals surface area contributed by atoms with Crippen LogP contribution in [-0.4, -0.2) is 53.4 Å². The van der Waals surface area contributed by atoms with Gasteiger partial charge in [0, 0.05) is 30.1 Å². The summed E-state index contributed by atoms with van der Waals surface area (Å²) >= 11 is 0. The predicted molar refractivity (Wildman–Crippen MR) is 119 cm³/mol. The molecular weight excluding hydrogens is 424 g/mol. The Morgan fingerprint density at radius 1 is 1.27 bits per heavy atom. The van der Waals surface area contributed by atoms with Crippen LogP contribution in [0.1, 0.15) is 49.0 Å². The number of nitrogens with one attached hydrogen (secondary N) is 4. The maximum absolute atomic E-state index is 13.0. The average Bonchev–Trinajstić information content (AvgIpc) is 3.53. The average molecular weight is 453 g/mol. The smallest absolute Gasteiger partial charge is 0.268 e. The maximum atomic E-state index is 13.0. The van der Waals surface area contributed by atoms with Gasteiger partial charge in [-0.1, -0.05) is 12.8 Å². The molecule has 1 saturated heterocycles. The monoisotopic (exact) mass is 452 g/mol. The fourth-order valence-corrected chi connectivity index (χ4v) is 4.16. The lowest BCUT2D eigenvalue weighted by Gasteiger charge is -2.25. The van der Waals surface area contributed by atoms with E-state index in [0.717, 1.165) is 24.6 Å². The van der Waals surface area contributed by atoms with E-state index in [2.05, 4.69) is 32.0 Å². The molecule has 4 N–H and O–H groups in total. The van der Waals surface area contributed by atoms with E-state index in [4.69, 9.17) is 4.74 Å². The number of amides is 3. The minimum absolute atomic E-state index is 0.0801. The highest BCUT2D eigenvalue weighted by Gasteiger charge is 2.33. The number of pyridine rings is 1. The lowest BCUT2D eigenvalue weighted by molar-refractivity contribution is -0.128. The van der Waals surface area contributed by atoms with Crippen molar-refractivity contribution in [2.24, 2.45) is 11.8 Å². The predicted octanol–water partition coefficient (Wildman–Crippen LogP) is 1.39. The van der Waals surface area contributed by atoms with Gasteiger partial charge < -0.3 is 25.7 Å². The van der Waals surface area contributed by atoms with Crippen LogP contribution in [0.3, 0.4) is 0 Å². The minimum Gasteiger partial charge on any atom is -0.481 e. The number of hydrogen-bond donors (Lipinski definition) is 4. The fraction of sp³-hybridized carbons (Fsp3) is 0.522. The molecule has 2 fully saturated rings. The Kier molecular flexibility index (Phi) is 6.77. The quantitative estimate of drug-likeness (QED) is 0.452. The number of hydrogen-bond acceptors (Lipinski definition) is 6. The topological polar surface area (TPSA) is 149 Å². The summed E-state index contributed by atoms with van der Waals surface area (Å²) in [5.41, 5.74) is 1.01. The van der Waals surface area contributed by atoms with E-state index < -0.39 is 23.9 Å². The van der Waals surface area contributed by atoms with E-state index in [1.165, 1.54) is 7.11 Å². The van der Waals surface area contributed by atoms with Crippen LogP contribution in [0, 0.1) is 23.2 Å². The summed E-state index contributed by atoms with van der Waals surface area (Å²) in [6.45, 7) is 0.644. The van der Waals surface area contributed by atoms with Crippen molar-refractivity contribution in [3.63, 3.8) is 0 Å². The summed E-state index contributed by atoms with van der Waals surface area (Å²) in [5, 5.41) is 18.6. The molecule has 0 bridgehead atoms. The fourth-order valence-electron chi connectivity index (χ4n) is 4.16. The van der Waals surface area contributed by atoms with Gasteiger partial charge in [0.05, 0.1) is 18.7 Å². The summed E-state index contributed by atoms with van der Waals surface area (Å²) in [5.74, 6) is -0.386. The number of piperidine rings is 1. The van der Waals surface area contributed by atoms with Crippen LogP contribution in [0.4, 0.5) is 0 Å². The molecule has 2 aliphatic rings. The van der Waals surface area contributed by atoms with E-state index in [9.17, 15) is 19.6 Å². The van der Waals surface area contributed by atoms with Crippen molar-refractivity contribution in [3.8, 4) is 11.9 Å². The van der Waals surface area contributed by atoms with Crippen LogP contribution in [0.25, 0.3) is 10.9 Å². The summed E-state index contributed by atoms with van der Waals surface area (Å²) in [6, 6.07) is 3.89. The molecule has 3 heterocycles. The Bertz CT molecular complexity index is 1090. The Morgan fingerprint density at radius 3 is 2.79 bits per heavy atom. The number of carbonyl (C=O) groups excluding carboxylic acids is 3. The highest BCUT2D eigenvalue weighted by Crippen LogP contribution is 2.33. The van der Waals surface area contributed by atoms with Gasteiger partial charge in [0.15, 0.2) is 0 Å². The van der Waals surface area contributed by atoms with Crippen molar-refractivity contribution in [1.29, 1.82) is 5.26 Å². The number of rotatable bonds is 9. The van der Waals surface area contributed by atoms with E-state index in [1.807, 2.05) is 0 Å². The van der Waals surface area contributed by atoms with Gasteiger partial charge in [-0.15, -0.1) is 0 Å². The molecule has 0 aromatic carbocycles. The zero-order chi connectivity index (χ0) is 23.4. The number of fused-ring (bicyclic) bond motifs is 1. The van der Waals surface area contributed by atoms with Crippen LogP contribution in [-0.2, 0) is 9.59 Å². The number of aromatic amines is 1. The second kappa shape index (κ2) is 9.90. The molecule has 0 unspecified atom stereocenters. The molecule has 4 rings (SSSR count). The van der Waals surface area contributed by atoms with E-state index in [1.54, 1.807) is 18.3 Å². The molecule has 174 valence electrons. The normalized spacial score (nSPS) is 19.8. The second-order valence-electron chi connectivity index (χ2n) is 8.76. The van der Waals surface area contributed by atoms with Gasteiger partial charge in [-0.05, 0) is 37.7 Å². The summed E-state index contributed by atoms with van der Waals surface area (Å²) in [4.78, 5) is 45.1. The molecule has 2 aromatic rings. The number of H-pyrrole nitrogens is 1. The van der Waals surface area contributed by atoms with Crippen LogP contribution in [0.2, 0.25) is 0 Å². The lowest BCUT2D eigenvalue weighted by atomic mass is 9.92. The first-order valence-corrected chi connectivity index (χ1v) is 11.3. The zero-order valence-corrected chi connectivity index (χ0v) is 18.5. The molecule has 1 aliphatic heterocycles. The van der Waals surface area contributed by atoms with Crippen LogP contribution in [0.15, 0.2) is 18.3 Å². The van der Waals surface area contributed by atoms with Gasteiger partial charge in [-0.25, -0.2) is 4.98 Å². The number of methoxy groups -OCH3 is 1. The molecule has 0 radical (unpaired) electrons. The van der Waals surface area contributed by atoms with E-state index in [-0.39, 0.29) is 18.2 Å². The molecule has 3 atom stereocenters. The number of carbonyl (C=O) groups is 3. The van der Waals surface area contributed by atoms with Crippen LogP contribution in [0.5, 0.6) is 5.88 Å². The highest BCUT2D eigenvalue weighted by molar-refractivity contribution is 6.00. The van der Waals surface area contributed by atoms with Crippen LogP contribution < -0.4 is 20.7 Å². The largest absolute Gasteiger partial charge is 0.481 e. The van der Waals surface area contributed by atoms with Gasteiger partial charge in [-0.2, -0.15) is 5.26 Å². The van der Waals surface area contributed by atoms with Crippen molar-refractivity contribution >= 4 is 28.6 Å². The van der Waals surface area contributed by atoms with Gasteiger partial charge >= 0.3 is 0 Å². The van der Waals surface area contributed by atoms with E-state index in [0.29, 0.717) is 42.4 Å². The molecule has 33 heavy (non-hydrogen) atoms. The zero-order valence-electron chi connectivity index (χ0n) is 18.5. The summed E-state index contributed by atoms with van der Waals surface area (Å²) in [7, 11) is 1.51. The first kappa shape index (κ1) is 22.6. The standard InChI is InChI=1S/C23H28N6O4/c1-33-20-10-17-15(12-26-20)9-19(28-17)23(32)29-18(7-13-4-5-13)22(31)27-16(11-24)8-14-3-2-6-25-21(14)30/h9-10,12-14,16,18,28H,2-8H2,1H3,(H,25,30)(H,27,31)(H,29,32)/t14-,16-,18-/m0/s1. The summed E-state index contributed by atoms with van der Waals surface area (Å²) in [6.07, 6.45) is 5.96. The molecule has 3 amide bonds. The highest BCUT2D eigenvalue weighted by atomic mass is 16.5. The third-order valence-electron chi connectivity index (χ3n) is 6.21. The molecular formula is C23H28N6O4. The minimum atomic E-state index is -0.795. The van der Waals surface area contributed by atoms with Crippen LogP contribution >= 0.6 is 0 Å². The van der Waals surface area contributed by atoms with Crippen molar-refractivity contribution in [1.82, 2.24) is 25.9 Å². The molecule has 2 aromatic heterocycles. The number of nitriles is 1. The second-order valence-corrected chi connectivity index (χ2v) is 8.76. The van der Waals surface area contributed by atoms with Crippen molar-refractivity contribution in [2.75, 3.05) is 13.7 Å². The van der Waals surface area contributed by atoms with Crippen molar-refractivity contribution < 1.29 is 19.1 Å². The van der Waals surface area contributed by atoms with Gasteiger partial charge in [0.2, 0.25) is 17.7 Å². The molecule has 1 aliphatic carbocycles.